The van der Waals surface area contributed by atoms with Crippen LogP contribution in [0.2, 0.25) is 0 Å². The molecule has 0 aromatic carbocycles. The first kappa shape index (κ1) is 18.5. The Balaban J connectivity index is 1.35. The van der Waals surface area contributed by atoms with Crippen molar-refractivity contribution in [1.82, 2.24) is 25.1 Å². The summed E-state index contributed by atoms with van der Waals surface area (Å²) in [5, 5.41) is 23.7. The molecule has 0 radical (unpaired) electrons. The van der Waals surface area contributed by atoms with E-state index in [9.17, 15) is 5.11 Å². The molecular weight excluding hydrogens is 382 g/mol. The normalized spacial score (nSPS) is 18.0. The molecule has 3 aromatic heterocycles. The van der Waals surface area contributed by atoms with Crippen LogP contribution in [0.1, 0.15) is 24.9 Å². The fourth-order valence-electron chi connectivity index (χ4n) is 3.07. The second-order valence-corrected chi connectivity index (χ2v) is 8.71. The smallest absolute Gasteiger partial charge is 0.210 e. The second-order valence-electron chi connectivity index (χ2n) is 6.70. The Hall–Kier alpha value is -1.88. The maximum atomic E-state index is 9.36. The summed E-state index contributed by atoms with van der Waals surface area (Å²) in [6, 6.07) is 4.32. The number of aromatic nitrogens is 4. The van der Waals surface area contributed by atoms with Gasteiger partial charge < -0.3 is 15.3 Å². The van der Waals surface area contributed by atoms with Gasteiger partial charge in [-0.15, -0.1) is 21.5 Å². The Labute approximate surface area is 165 Å². The van der Waals surface area contributed by atoms with Gasteiger partial charge in [-0.2, -0.15) is 0 Å². The van der Waals surface area contributed by atoms with Crippen molar-refractivity contribution in [3.05, 3.63) is 23.3 Å². The van der Waals surface area contributed by atoms with Crippen molar-refractivity contribution in [3.8, 4) is 0 Å². The molecule has 3 aromatic rings. The molecule has 1 unspecified atom stereocenters. The van der Waals surface area contributed by atoms with Crippen molar-refractivity contribution in [3.63, 3.8) is 0 Å². The van der Waals surface area contributed by atoms with Crippen LogP contribution < -0.4 is 10.2 Å². The van der Waals surface area contributed by atoms with E-state index in [1.165, 1.54) is 11.3 Å². The van der Waals surface area contributed by atoms with E-state index in [0.717, 1.165) is 51.8 Å². The molecule has 0 saturated carbocycles. The predicted octanol–water partition coefficient (Wildman–Crippen LogP) is 2.22. The predicted molar refractivity (Wildman–Crippen MR) is 110 cm³/mol. The Morgan fingerprint density at radius 1 is 1.19 bits per heavy atom. The highest BCUT2D eigenvalue weighted by atomic mass is 32.1. The van der Waals surface area contributed by atoms with Gasteiger partial charge in [0.2, 0.25) is 10.3 Å². The summed E-state index contributed by atoms with van der Waals surface area (Å²) in [5.74, 6) is 0. The third-order valence-electron chi connectivity index (χ3n) is 4.63. The average Bonchev–Trinajstić information content (AvgIpc) is 3.33. The first-order valence-electron chi connectivity index (χ1n) is 9.06. The van der Waals surface area contributed by atoms with Crippen molar-refractivity contribution < 1.29 is 5.11 Å². The van der Waals surface area contributed by atoms with E-state index in [1.54, 1.807) is 24.5 Å². The number of nitrogens with one attached hydrogen (secondary N) is 1. The molecule has 2 atom stereocenters. The van der Waals surface area contributed by atoms with Crippen LogP contribution in [0, 0.1) is 0 Å². The maximum Gasteiger partial charge on any atom is 0.210 e. The van der Waals surface area contributed by atoms with Gasteiger partial charge in [-0.1, -0.05) is 11.3 Å². The number of aliphatic hydroxyl groups is 1. The zero-order valence-electron chi connectivity index (χ0n) is 15.4. The molecule has 1 aliphatic heterocycles. The molecule has 4 heterocycles. The molecule has 1 aliphatic rings. The number of piperazine rings is 1. The molecule has 4 rings (SSSR count). The quantitative estimate of drug-likeness (QED) is 0.645. The van der Waals surface area contributed by atoms with Gasteiger partial charge in [0.05, 0.1) is 16.8 Å². The monoisotopic (exact) mass is 405 g/mol. The van der Waals surface area contributed by atoms with Crippen LogP contribution in [0.3, 0.4) is 0 Å². The second kappa shape index (κ2) is 8.01. The van der Waals surface area contributed by atoms with Crippen LogP contribution in [-0.4, -0.2) is 69.0 Å². The number of hydrogen-bond acceptors (Lipinski definition) is 10. The lowest BCUT2D eigenvalue weighted by Crippen LogP contribution is -2.47. The summed E-state index contributed by atoms with van der Waals surface area (Å²) >= 11 is 3.26. The minimum absolute atomic E-state index is 0.282. The lowest BCUT2D eigenvalue weighted by atomic mass is 10.2. The number of anilines is 2. The Bertz CT molecular complexity index is 855. The number of fused-ring (bicyclic) bond motifs is 1. The third kappa shape index (κ3) is 4.18. The lowest BCUT2D eigenvalue weighted by molar-refractivity contribution is 0.198. The van der Waals surface area contributed by atoms with Crippen molar-refractivity contribution in [2.24, 2.45) is 0 Å². The van der Waals surface area contributed by atoms with E-state index in [-0.39, 0.29) is 6.04 Å². The molecule has 1 saturated heterocycles. The van der Waals surface area contributed by atoms with Gasteiger partial charge in [0.25, 0.3) is 0 Å². The van der Waals surface area contributed by atoms with Gasteiger partial charge in [0.1, 0.15) is 5.01 Å². The highest BCUT2D eigenvalue weighted by molar-refractivity contribution is 7.19. The summed E-state index contributed by atoms with van der Waals surface area (Å²) < 4.78 is 1.14. The van der Waals surface area contributed by atoms with E-state index in [1.807, 2.05) is 6.07 Å². The standard InChI is InChI=1S/C17H23N7OS2/c1-11(25)10-19-16-21-22-17(27-16)24-8-6-23(7-9-24)12(2)15-20-14-13(26-15)4-3-5-18-14/h3-5,11-12,25H,6-10H2,1-2H3,(H,19,21)/t11?,12-/m0/s1. The first-order chi connectivity index (χ1) is 13.1. The molecule has 2 N–H and O–H groups in total. The summed E-state index contributed by atoms with van der Waals surface area (Å²) in [4.78, 5) is 13.8. The van der Waals surface area contributed by atoms with Gasteiger partial charge in [0, 0.05) is 38.9 Å². The highest BCUT2D eigenvalue weighted by Gasteiger charge is 2.26. The van der Waals surface area contributed by atoms with Crippen molar-refractivity contribution >= 4 is 43.3 Å². The molecule has 8 nitrogen and oxygen atoms in total. The summed E-state index contributed by atoms with van der Waals surface area (Å²) in [6.07, 6.45) is 1.39. The minimum atomic E-state index is -0.403. The fourth-order valence-corrected chi connectivity index (χ4v) is 4.89. The summed E-state index contributed by atoms with van der Waals surface area (Å²) in [7, 11) is 0. The third-order valence-corrected chi connectivity index (χ3v) is 6.76. The Morgan fingerprint density at radius 2 is 2.00 bits per heavy atom. The van der Waals surface area contributed by atoms with Crippen LogP contribution >= 0.6 is 22.7 Å². The molecule has 0 spiro atoms. The molecular formula is C17H23N7OS2. The highest BCUT2D eigenvalue weighted by Crippen LogP contribution is 2.30. The first-order valence-corrected chi connectivity index (χ1v) is 10.7. The molecule has 10 heteroatoms. The number of nitrogens with zero attached hydrogens (tertiary/aromatic N) is 6. The van der Waals surface area contributed by atoms with Crippen LogP contribution in [0.15, 0.2) is 18.3 Å². The molecule has 1 fully saturated rings. The van der Waals surface area contributed by atoms with Crippen LogP contribution in [-0.2, 0) is 0 Å². The molecule has 27 heavy (non-hydrogen) atoms. The zero-order valence-corrected chi connectivity index (χ0v) is 17.0. The van der Waals surface area contributed by atoms with Gasteiger partial charge >= 0.3 is 0 Å². The fraction of sp³-hybridized carbons (Fsp3) is 0.529. The van der Waals surface area contributed by atoms with Crippen molar-refractivity contribution in [2.45, 2.75) is 26.0 Å². The maximum absolute atomic E-state index is 9.36. The van der Waals surface area contributed by atoms with Crippen LogP contribution in [0.25, 0.3) is 10.3 Å². The molecule has 0 bridgehead atoms. The van der Waals surface area contributed by atoms with Crippen LogP contribution in [0.5, 0.6) is 0 Å². The van der Waals surface area contributed by atoms with E-state index in [0.29, 0.717) is 6.54 Å². The minimum Gasteiger partial charge on any atom is -0.392 e. The van der Waals surface area contributed by atoms with Crippen LogP contribution in [0.4, 0.5) is 10.3 Å². The number of aliphatic hydroxyl groups excluding tert-OH is 1. The summed E-state index contributed by atoms with van der Waals surface area (Å²) in [5.41, 5.74) is 0.842. The van der Waals surface area contributed by atoms with E-state index < -0.39 is 6.10 Å². The zero-order chi connectivity index (χ0) is 18.8. The van der Waals surface area contributed by atoms with Gasteiger partial charge in [-0.3, -0.25) is 4.90 Å². The van der Waals surface area contributed by atoms with Gasteiger partial charge in [-0.25, -0.2) is 9.97 Å². The van der Waals surface area contributed by atoms with Crippen molar-refractivity contribution in [1.29, 1.82) is 0 Å². The van der Waals surface area contributed by atoms with Gasteiger partial charge in [0.15, 0.2) is 5.65 Å². The molecule has 0 aliphatic carbocycles. The lowest BCUT2D eigenvalue weighted by Gasteiger charge is -2.37. The number of hydrogen-bond donors (Lipinski definition) is 2. The molecule has 144 valence electrons. The van der Waals surface area contributed by atoms with E-state index in [2.05, 4.69) is 43.3 Å². The number of rotatable bonds is 6. The Morgan fingerprint density at radius 3 is 2.74 bits per heavy atom. The van der Waals surface area contributed by atoms with Gasteiger partial charge in [-0.05, 0) is 26.0 Å². The van der Waals surface area contributed by atoms with E-state index in [4.69, 9.17) is 4.98 Å². The topological polar surface area (TPSA) is 90.3 Å². The number of pyridine rings is 1. The average molecular weight is 406 g/mol. The van der Waals surface area contributed by atoms with E-state index >= 15 is 0 Å². The Kier molecular flexibility index (Phi) is 5.48. The number of thiazole rings is 1. The SMILES string of the molecule is CC(O)CNc1nnc(N2CCN([C@@H](C)c3nc4ncccc4s3)CC2)s1. The van der Waals surface area contributed by atoms with Crippen molar-refractivity contribution in [2.75, 3.05) is 42.9 Å². The molecule has 0 amide bonds. The summed E-state index contributed by atoms with van der Waals surface area (Å²) in [6.45, 7) is 8.20. The largest absolute Gasteiger partial charge is 0.392 e.